The zero-order valence-electron chi connectivity index (χ0n) is 14.8. The van der Waals surface area contributed by atoms with E-state index in [9.17, 15) is 19.8 Å². The Morgan fingerprint density at radius 1 is 1.08 bits per heavy atom. The Morgan fingerprint density at radius 2 is 1.52 bits per heavy atom. The van der Waals surface area contributed by atoms with Crippen LogP contribution in [0.2, 0.25) is 0 Å². The predicted molar refractivity (Wildman–Crippen MR) is 89.4 cm³/mol. The van der Waals surface area contributed by atoms with E-state index in [1.165, 1.54) is 17.1 Å². The molecule has 1 fully saturated rings. The first-order valence-corrected chi connectivity index (χ1v) is 8.29. The fourth-order valence-corrected chi connectivity index (χ4v) is 3.67. The van der Waals surface area contributed by atoms with Crippen molar-refractivity contribution in [2.75, 3.05) is 13.6 Å². The molecule has 0 aliphatic carbocycles. The van der Waals surface area contributed by atoms with Crippen molar-refractivity contribution in [1.29, 1.82) is 0 Å². The number of piperazine rings is 1. The van der Waals surface area contributed by atoms with Gasteiger partial charge in [0.15, 0.2) is 12.5 Å². The van der Waals surface area contributed by atoms with Gasteiger partial charge in [0.25, 0.3) is 11.8 Å². The van der Waals surface area contributed by atoms with Crippen LogP contribution in [0, 0.1) is 0 Å². The standard InChI is InChI=1S/C15H24N6O4/c1-5-17-11(23)9-7-15(3)13(25)20-14(2,12(24)21(15)19-9)6-8(18-20)10(22)16-4/h12-13,24-25H,5-7H2,1-4H3,(H,16,22)(H,17,23)/t12-,13+,14?,15?/m1/s1. The smallest absolute Gasteiger partial charge is 0.267 e. The predicted octanol–water partition coefficient (Wildman–Crippen LogP) is -1.84. The third kappa shape index (κ3) is 2.31. The molecule has 2 unspecified atom stereocenters. The summed E-state index contributed by atoms with van der Waals surface area (Å²) in [6.45, 7) is 5.69. The number of carbonyl (C=O) groups is 2. The third-order valence-electron chi connectivity index (χ3n) is 5.22. The first-order chi connectivity index (χ1) is 11.7. The topological polar surface area (TPSA) is 130 Å². The van der Waals surface area contributed by atoms with Gasteiger partial charge in [-0.2, -0.15) is 10.2 Å². The summed E-state index contributed by atoms with van der Waals surface area (Å²) in [6.07, 6.45) is -1.96. The molecular weight excluding hydrogens is 328 g/mol. The fourth-order valence-electron chi connectivity index (χ4n) is 3.67. The first-order valence-electron chi connectivity index (χ1n) is 8.29. The maximum Gasteiger partial charge on any atom is 0.267 e. The molecule has 2 amide bonds. The van der Waals surface area contributed by atoms with Crippen LogP contribution in [0.1, 0.15) is 33.6 Å². The van der Waals surface area contributed by atoms with E-state index >= 15 is 0 Å². The molecule has 3 aliphatic heterocycles. The number of hydrogen-bond donors (Lipinski definition) is 4. The molecule has 0 bridgehead atoms. The molecule has 0 saturated carbocycles. The minimum atomic E-state index is -1.14. The Balaban J connectivity index is 1.96. The van der Waals surface area contributed by atoms with Gasteiger partial charge in [-0.05, 0) is 20.8 Å². The van der Waals surface area contributed by atoms with Gasteiger partial charge in [0.2, 0.25) is 0 Å². The molecule has 4 atom stereocenters. The average molecular weight is 352 g/mol. The Bertz CT molecular complexity index is 679. The molecule has 1 saturated heterocycles. The van der Waals surface area contributed by atoms with Crippen molar-refractivity contribution in [3.05, 3.63) is 0 Å². The summed E-state index contributed by atoms with van der Waals surface area (Å²) >= 11 is 0. The van der Waals surface area contributed by atoms with Gasteiger partial charge in [0.1, 0.15) is 22.5 Å². The molecule has 3 heterocycles. The zero-order valence-corrected chi connectivity index (χ0v) is 14.8. The van der Waals surface area contributed by atoms with E-state index in [-0.39, 0.29) is 36.1 Å². The fraction of sp³-hybridized carbons (Fsp3) is 0.733. The molecule has 0 aromatic heterocycles. The first kappa shape index (κ1) is 17.6. The van der Waals surface area contributed by atoms with Crippen LogP contribution >= 0.6 is 0 Å². The molecule has 25 heavy (non-hydrogen) atoms. The minimum Gasteiger partial charge on any atom is -0.370 e. The number of fused-ring (bicyclic) bond motifs is 2. The SMILES string of the molecule is CCNC(=O)C1=NN2[C@H](O)C3(C)CC(C(=O)NC)=NN3[C@@H](O)C2(C)C1. The van der Waals surface area contributed by atoms with Crippen LogP contribution in [0.4, 0.5) is 0 Å². The Hall–Kier alpha value is -2.20. The highest BCUT2D eigenvalue weighted by atomic mass is 16.3. The zero-order chi connectivity index (χ0) is 18.6. The summed E-state index contributed by atoms with van der Waals surface area (Å²) in [5, 5.41) is 38.3. The van der Waals surface area contributed by atoms with Gasteiger partial charge in [-0.1, -0.05) is 0 Å². The number of amides is 2. The van der Waals surface area contributed by atoms with Crippen molar-refractivity contribution in [3.8, 4) is 0 Å². The molecular formula is C15H24N6O4. The molecule has 10 nitrogen and oxygen atoms in total. The average Bonchev–Trinajstić information content (AvgIpc) is 3.12. The van der Waals surface area contributed by atoms with Gasteiger partial charge in [-0.3, -0.25) is 19.6 Å². The van der Waals surface area contributed by atoms with Gasteiger partial charge >= 0.3 is 0 Å². The van der Waals surface area contributed by atoms with E-state index in [0.29, 0.717) is 6.54 Å². The molecule has 10 heteroatoms. The number of hydrogen-bond acceptors (Lipinski definition) is 8. The monoisotopic (exact) mass is 352 g/mol. The number of aliphatic hydroxyl groups is 2. The van der Waals surface area contributed by atoms with Gasteiger partial charge < -0.3 is 20.8 Å². The van der Waals surface area contributed by atoms with Crippen molar-refractivity contribution < 1.29 is 19.8 Å². The normalized spacial score (nSPS) is 36.4. The quantitative estimate of drug-likeness (QED) is 0.472. The number of hydrazone groups is 2. The summed E-state index contributed by atoms with van der Waals surface area (Å²) in [4.78, 5) is 24.1. The Kier molecular flexibility index (Phi) is 3.99. The van der Waals surface area contributed by atoms with E-state index in [2.05, 4.69) is 20.8 Å². The largest absolute Gasteiger partial charge is 0.370 e. The maximum atomic E-state index is 12.1. The molecule has 0 spiro atoms. The third-order valence-corrected chi connectivity index (χ3v) is 5.22. The summed E-state index contributed by atoms with van der Waals surface area (Å²) in [6, 6.07) is 0. The highest BCUT2D eigenvalue weighted by Gasteiger charge is 2.64. The number of rotatable bonds is 3. The molecule has 3 aliphatic rings. The molecule has 0 radical (unpaired) electrons. The lowest BCUT2D eigenvalue weighted by Crippen LogP contribution is -2.73. The second kappa shape index (κ2) is 5.67. The molecule has 3 rings (SSSR count). The molecule has 138 valence electrons. The maximum absolute atomic E-state index is 12.1. The number of nitrogens with one attached hydrogen (secondary N) is 2. The summed E-state index contributed by atoms with van der Waals surface area (Å²) < 4.78 is 0. The Morgan fingerprint density at radius 3 is 1.92 bits per heavy atom. The highest BCUT2D eigenvalue weighted by Crippen LogP contribution is 2.47. The van der Waals surface area contributed by atoms with Crippen molar-refractivity contribution >= 4 is 23.2 Å². The van der Waals surface area contributed by atoms with E-state index in [4.69, 9.17) is 0 Å². The van der Waals surface area contributed by atoms with Gasteiger partial charge in [0.05, 0.1) is 0 Å². The number of aliphatic hydroxyl groups excluding tert-OH is 2. The van der Waals surface area contributed by atoms with E-state index in [1.807, 2.05) is 0 Å². The lowest BCUT2D eigenvalue weighted by molar-refractivity contribution is -0.256. The molecule has 4 N–H and O–H groups in total. The second-order valence-corrected chi connectivity index (χ2v) is 7.04. The highest BCUT2D eigenvalue weighted by molar-refractivity contribution is 6.40. The van der Waals surface area contributed by atoms with Gasteiger partial charge in [0, 0.05) is 26.4 Å². The van der Waals surface area contributed by atoms with Gasteiger partial charge in [-0.15, -0.1) is 0 Å². The number of nitrogens with zero attached hydrogens (tertiary/aromatic N) is 4. The van der Waals surface area contributed by atoms with E-state index < -0.39 is 23.5 Å². The lowest BCUT2D eigenvalue weighted by Gasteiger charge is -2.56. The summed E-state index contributed by atoms with van der Waals surface area (Å²) in [5.41, 5.74) is -1.56. The van der Waals surface area contributed by atoms with Crippen LogP contribution in [0.15, 0.2) is 10.2 Å². The van der Waals surface area contributed by atoms with Crippen molar-refractivity contribution in [2.24, 2.45) is 10.2 Å². The van der Waals surface area contributed by atoms with Crippen LogP contribution in [0.5, 0.6) is 0 Å². The van der Waals surface area contributed by atoms with Crippen LogP contribution in [0.25, 0.3) is 0 Å². The van der Waals surface area contributed by atoms with Crippen LogP contribution in [-0.2, 0) is 9.59 Å². The van der Waals surface area contributed by atoms with E-state index in [1.54, 1.807) is 20.8 Å². The van der Waals surface area contributed by atoms with Gasteiger partial charge in [-0.25, -0.2) is 0 Å². The van der Waals surface area contributed by atoms with Crippen molar-refractivity contribution in [2.45, 2.75) is 57.1 Å². The van der Waals surface area contributed by atoms with Crippen LogP contribution in [-0.4, -0.2) is 80.6 Å². The van der Waals surface area contributed by atoms with Crippen molar-refractivity contribution in [1.82, 2.24) is 20.7 Å². The van der Waals surface area contributed by atoms with Crippen molar-refractivity contribution in [3.63, 3.8) is 0 Å². The number of carbonyl (C=O) groups excluding carboxylic acids is 2. The van der Waals surface area contributed by atoms with Crippen LogP contribution < -0.4 is 10.6 Å². The second-order valence-electron chi connectivity index (χ2n) is 7.04. The van der Waals surface area contributed by atoms with E-state index in [0.717, 1.165) is 0 Å². The molecule has 0 aromatic rings. The minimum absolute atomic E-state index is 0.156. The molecule has 0 aromatic carbocycles. The lowest BCUT2D eigenvalue weighted by atomic mass is 9.82. The van der Waals surface area contributed by atoms with Crippen LogP contribution in [0.3, 0.4) is 0 Å². The Labute approximate surface area is 145 Å². The summed E-state index contributed by atoms with van der Waals surface area (Å²) in [7, 11) is 1.50. The summed E-state index contributed by atoms with van der Waals surface area (Å²) in [5.74, 6) is -0.677.